The first kappa shape index (κ1) is 9.89. The average Bonchev–Trinajstić information content (AvgIpc) is 2.09. The van der Waals surface area contributed by atoms with Crippen LogP contribution < -0.4 is 0 Å². The second-order valence-electron chi connectivity index (χ2n) is 2.21. The molecule has 0 saturated carbocycles. The van der Waals surface area contributed by atoms with Crippen molar-refractivity contribution in [3.63, 3.8) is 0 Å². The van der Waals surface area contributed by atoms with Crippen LogP contribution in [0.3, 0.4) is 0 Å². The van der Waals surface area contributed by atoms with Crippen LogP contribution in [-0.4, -0.2) is 5.78 Å². The highest BCUT2D eigenvalue weighted by molar-refractivity contribution is 5.74. The first-order valence-electron chi connectivity index (χ1n) is 3.76. The molecule has 11 heavy (non-hydrogen) atoms. The van der Waals surface area contributed by atoms with Crippen molar-refractivity contribution in [3.8, 4) is 0 Å². The number of ketones is 1. The number of carbonyl (C=O) groups excluding carboxylic acids is 1. The van der Waals surface area contributed by atoms with Crippen molar-refractivity contribution in [1.82, 2.24) is 0 Å². The van der Waals surface area contributed by atoms with E-state index in [0.29, 0.717) is 6.42 Å². The zero-order valence-electron chi connectivity index (χ0n) is 7.08. The minimum atomic E-state index is 0.255. The molecule has 0 unspecified atom stereocenters. The van der Waals surface area contributed by atoms with Crippen LogP contribution in [0, 0.1) is 0 Å². The van der Waals surface area contributed by atoms with Gasteiger partial charge in [0.1, 0.15) is 5.78 Å². The number of hydrogen-bond acceptors (Lipinski definition) is 1. The second-order valence-corrected chi connectivity index (χ2v) is 2.21. The summed E-state index contributed by atoms with van der Waals surface area (Å²) in [4.78, 5) is 9.81. The summed E-state index contributed by atoms with van der Waals surface area (Å²) in [6, 6.07) is 12.0. The third-order valence-corrected chi connectivity index (χ3v) is 1.16. The molecule has 1 aromatic carbocycles. The van der Waals surface area contributed by atoms with E-state index in [4.69, 9.17) is 0 Å². The molecule has 1 heteroatoms. The maximum atomic E-state index is 9.81. The zero-order chi connectivity index (χ0) is 8.53. The van der Waals surface area contributed by atoms with Crippen LogP contribution in [0.2, 0.25) is 0 Å². The van der Waals surface area contributed by atoms with Crippen molar-refractivity contribution < 1.29 is 4.79 Å². The minimum absolute atomic E-state index is 0.255. The SMILES string of the molecule is CCC(C)=O.c1ccccc1. The molecule has 0 fully saturated rings. The molecule has 0 aliphatic heterocycles. The molecule has 0 atom stereocenters. The zero-order valence-corrected chi connectivity index (χ0v) is 7.08. The normalized spacial score (nSPS) is 7.82. The van der Waals surface area contributed by atoms with Gasteiger partial charge in [0.15, 0.2) is 0 Å². The van der Waals surface area contributed by atoms with Gasteiger partial charge in [-0.05, 0) is 6.92 Å². The number of Topliss-reactive ketones (excluding diaryl/α,β-unsaturated/α-hetero) is 1. The Labute approximate surface area is 68.1 Å². The summed E-state index contributed by atoms with van der Waals surface area (Å²) in [5.41, 5.74) is 0. The fraction of sp³-hybridized carbons (Fsp3) is 0.300. The quantitative estimate of drug-likeness (QED) is 0.601. The van der Waals surface area contributed by atoms with Crippen molar-refractivity contribution in [3.05, 3.63) is 36.4 Å². The van der Waals surface area contributed by atoms with Gasteiger partial charge in [0.05, 0.1) is 0 Å². The summed E-state index contributed by atoms with van der Waals surface area (Å²) in [6.07, 6.45) is 0.667. The molecule has 0 spiro atoms. The van der Waals surface area contributed by atoms with Gasteiger partial charge < -0.3 is 4.79 Å². The molecule has 1 aromatic rings. The molecule has 0 saturated heterocycles. The molecule has 0 heterocycles. The molecule has 0 bridgehead atoms. The lowest BCUT2D eigenvalue weighted by molar-refractivity contribution is -0.116. The van der Waals surface area contributed by atoms with E-state index in [1.54, 1.807) is 6.92 Å². The van der Waals surface area contributed by atoms with E-state index in [9.17, 15) is 4.79 Å². The van der Waals surface area contributed by atoms with E-state index in [2.05, 4.69) is 0 Å². The summed E-state index contributed by atoms with van der Waals surface area (Å²) >= 11 is 0. The van der Waals surface area contributed by atoms with Gasteiger partial charge in [0.25, 0.3) is 0 Å². The number of rotatable bonds is 1. The number of hydrogen-bond donors (Lipinski definition) is 0. The topological polar surface area (TPSA) is 17.1 Å². The first-order chi connectivity index (χ1) is 5.27. The molecule has 0 N–H and O–H groups in total. The Hall–Kier alpha value is -1.11. The van der Waals surface area contributed by atoms with Crippen LogP contribution in [0.25, 0.3) is 0 Å². The van der Waals surface area contributed by atoms with E-state index in [0.717, 1.165) is 0 Å². The Balaban J connectivity index is 0.000000187. The van der Waals surface area contributed by atoms with Crippen LogP contribution >= 0.6 is 0 Å². The van der Waals surface area contributed by atoms with Crippen molar-refractivity contribution in [2.24, 2.45) is 0 Å². The maximum absolute atomic E-state index is 9.81. The van der Waals surface area contributed by atoms with E-state index >= 15 is 0 Å². The van der Waals surface area contributed by atoms with Crippen LogP contribution in [0.4, 0.5) is 0 Å². The summed E-state index contributed by atoms with van der Waals surface area (Å²) in [5, 5.41) is 0. The second kappa shape index (κ2) is 7.00. The van der Waals surface area contributed by atoms with Gasteiger partial charge in [-0.2, -0.15) is 0 Å². The van der Waals surface area contributed by atoms with Crippen molar-refractivity contribution in [1.29, 1.82) is 0 Å². The maximum Gasteiger partial charge on any atom is 0.129 e. The Kier molecular flexibility index (Phi) is 6.30. The predicted molar refractivity (Wildman–Crippen MR) is 47.4 cm³/mol. The molecule has 0 amide bonds. The molecule has 0 radical (unpaired) electrons. The fourth-order valence-electron chi connectivity index (χ4n) is 0.385. The van der Waals surface area contributed by atoms with Gasteiger partial charge in [0, 0.05) is 6.42 Å². The molecule has 0 aliphatic rings. The fourth-order valence-corrected chi connectivity index (χ4v) is 0.385. The van der Waals surface area contributed by atoms with Crippen LogP contribution in [0.5, 0.6) is 0 Å². The molecule has 1 rings (SSSR count). The van der Waals surface area contributed by atoms with Gasteiger partial charge in [0.2, 0.25) is 0 Å². The Morgan fingerprint density at radius 1 is 1.00 bits per heavy atom. The average molecular weight is 150 g/mol. The summed E-state index contributed by atoms with van der Waals surface area (Å²) in [5.74, 6) is 0.255. The lowest BCUT2D eigenvalue weighted by atomic mass is 10.4. The summed E-state index contributed by atoms with van der Waals surface area (Å²) in [7, 11) is 0. The smallest absolute Gasteiger partial charge is 0.129 e. The Morgan fingerprint density at radius 3 is 1.27 bits per heavy atom. The van der Waals surface area contributed by atoms with Gasteiger partial charge in [-0.3, -0.25) is 0 Å². The number of carbonyl (C=O) groups is 1. The highest BCUT2D eigenvalue weighted by Crippen LogP contribution is 1.79. The Morgan fingerprint density at radius 2 is 1.18 bits per heavy atom. The van der Waals surface area contributed by atoms with Crippen LogP contribution in [0.15, 0.2) is 36.4 Å². The summed E-state index contributed by atoms with van der Waals surface area (Å²) < 4.78 is 0. The lowest BCUT2D eigenvalue weighted by Gasteiger charge is -1.71. The Bertz CT molecular complexity index is 153. The van der Waals surface area contributed by atoms with Gasteiger partial charge in [-0.1, -0.05) is 43.3 Å². The molecule has 60 valence electrons. The van der Waals surface area contributed by atoms with Crippen molar-refractivity contribution >= 4 is 5.78 Å². The van der Waals surface area contributed by atoms with E-state index < -0.39 is 0 Å². The molecular formula is C10H14O. The largest absolute Gasteiger partial charge is 0.300 e. The number of benzene rings is 1. The standard InChI is InChI=1S/C6H6.C4H8O/c1-2-4-6-5-3-1;1-3-4(2)5/h1-6H;3H2,1-2H3. The highest BCUT2D eigenvalue weighted by atomic mass is 16.1. The van der Waals surface area contributed by atoms with Crippen LogP contribution in [0.1, 0.15) is 20.3 Å². The predicted octanol–water partition coefficient (Wildman–Crippen LogP) is 2.67. The van der Waals surface area contributed by atoms with E-state index in [-0.39, 0.29) is 5.78 Å². The minimum Gasteiger partial charge on any atom is -0.300 e. The van der Waals surface area contributed by atoms with Crippen molar-refractivity contribution in [2.75, 3.05) is 0 Å². The van der Waals surface area contributed by atoms with Gasteiger partial charge in [-0.25, -0.2) is 0 Å². The summed E-state index contributed by atoms with van der Waals surface area (Å²) in [6.45, 7) is 3.43. The highest BCUT2D eigenvalue weighted by Gasteiger charge is 1.76. The van der Waals surface area contributed by atoms with E-state index in [1.165, 1.54) is 0 Å². The van der Waals surface area contributed by atoms with Crippen molar-refractivity contribution in [2.45, 2.75) is 20.3 Å². The van der Waals surface area contributed by atoms with Gasteiger partial charge >= 0.3 is 0 Å². The first-order valence-corrected chi connectivity index (χ1v) is 3.76. The third-order valence-electron chi connectivity index (χ3n) is 1.16. The molecule has 0 aromatic heterocycles. The van der Waals surface area contributed by atoms with E-state index in [1.807, 2.05) is 43.3 Å². The lowest BCUT2D eigenvalue weighted by Crippen LogP contribution is -1.80. The molecule has 1 nitrogen and oxygen atoms in total. The van der Waals surface area contributed by atoms with Crippen LogP contribution in [-0.2, 0) is 4.79 Å². The molecular weight excluding hydrogens is 136 g/mol. The monoisotopic (exact) mass is 150 g/mol. The van der Waals surface area contributed by atoms with Gasteiger partial charge in [-0.15, -0.1) is 0 Å². The molecule has 0 aliphatic carbocycles. The third kappa shape index (κ3) is 8.89.